The summed E-state index contributed by atoms with van der Waals surface area (Å²) in [7, 11) is 2.01. The maximum Gasteiger partial charge on any atom is 0.407 e. The normalized spacial score (nSPS) is 15.8. The zero-order valence-corrected chi connectivity index (χ0v) is 13.6. The molecule has 0 unspecified atom stereocenters. The van der Waals surface area contributed by atoms with Gasteiger partial charge >= 0.3 is 6.09 Å². The molecule has 0 aliphatic carbocycles. The van der Waals surface area contributed by atoms with E-state index in [-0.39, 0.29) is 0 Å². The minimum absolute atomic E-state index is 0.494. The Morgan fingerprint density at radius 2 is 2.08 bits per heavy atom. The number of hydrogen-bond donors (Lipinski definition) is 1. The highest BCUT2D eigenvalue weighted by molar-refractivity contribution is 5.64. The van der Waals surface area contributed by atoms with Gasteiger partial charge in [-0.25, -0.2) is 4.79 Å². The topological polar surface area (TPSA) is 95.6 Å². The fourth-order valence-electron chi connectivity index (χ4n) is 2.98. The second-order valence-electron chi connectivity index (χ2n) is 6.16. The Bertz CT molecular complexity index is 667. The zero-order chi connectivity index (χ0) is 16.9. The average molecular weight is 331 g/mol. The lowest BCUT2D eigenvalue weighted by atomic mass is 9.96. The summed E-state index contributed by atoms with van der Waals surface area (Å²) in [4.78, 5) is 22.9. The van der Waals surface area contributed by atoms with Crippen LogP contribution in [-0.2, 0) is 6.54 Å². The maximum atomic E-state index is 10.9. The van der Waals surface area contributed by atoms with Crippen LogP contribution in [0.25, 0.3) is 11.4 Å². The van der Waals surface area contributed by atoms with Crippen molar-refractivity contribution < 1.29 is 14.4 Å². The number of aromatic nitrogens is 3. The Morgan fingerprint density at radius 3 is 2.75 bits per heavy atom. The van der Waals surface area contributed by atoms with Gasteiger partial charge in [-0.3, -0.25) is 9.88 Å². The Labute approximate surface area is 140 Å². The highest BCUT2D eigenvalue weighted by Gasteiger charge is 2.23. The molecule has 3 rings (SSSR count). The number of carbonyl (C=O) groups is 1. The van der Waals surface area contributed by atoms with Gasteiger partial charge in [-0.1, -0.05) is 5.16 Å². The van der Waals surface area contributed by atoms with Crippen LogP contribution in [0.15, 0.2) is 29.0 Å². The molecule has 0 atom stereocenters. The molecule has 24 heavy (non-hydrogen) atoms. The summed E-state index contributed by atoms with van der Waals surface area (Å²) in [5, 5.41) is 13.0. The minimum Gasteiger partial charge on any atom is -0.465 e. The Morgan fingerprint density at radius 1 is 1.38 bits per heavy atom. The summed E-state index contributed by atoms with van der Waals surface area (Å²) >= 11 is 0. The molecule has 1 aliphatic heterocycles. The van der Waals surface area contributed by atoms with Crippen LogP contribution in [-0.4, -0.2) is 62.8 Å². The highest BCUT2D eigenvalue weighted by atomic mass is 16.5. The molecular weight excluding hydrogens is 310 g/mol. The molecule has 1 amide bonds. The number of likely N-dealkylation sites (tertiary alicyclic amines) is 1. The molecule has 8 heteroatoms. The van der Waals surface area contributed by atoms with E-state index in [1.165, 1.54) is 4.90 Å². The first-order chi connectivity index (χ1) is 11.6. The first-order valence-corrected chi connectivity index (χ1v) is 8.01. The Hall–Kier alpha value is -2.48. The summed E-state index contributed by atoms with van der Waals surface area (Å²) in [6.45, 7) is 2.69. The van der Waals surface area contributed by atoms with Crippen LogP contribution in [0.3, 0.4) is 0 Å². The molecule has 2 aromatic rings. The van der Waals surface area contributed by atoms with Crippen LogP contribution in [0, 0.1) is 5.92 Å². The van der Waals surface area contributed by atoms with Crippen LogP contribution in [0.4, 0.5) is 4.79 Å². The lowest BCUT2D eigenvalue weighted by molar-refractivity contribution is 0.114. The van der Waals surface area contributed by atoms with E-state index in [9.17, 15) is 4.79 Å². The van der Waals surface area contributed by atoms with Crippen LogP contribution in [0.5, 0.6) is 0 Å². The van der Waals surface area contributed by atoms with E-state index < -0.39 is 6.09 Å². The van der Waals surface area contributed by atoms with Gasteiger partial charge in [0.05, 0.1) is 6.54 Å². The second kappa shape index (κ2) is 7.39. The predicted molar refractivity (Wildman–Crippen MR) is 86.2 cm³/mol. The number of nitrogens with zero attached hydrogens (tertiary/aromatic N) is 5. The lowest BCUT2D eigenvalue weighted by Crippen LogP contribution is -2.40. The molecule has 0 radical (unpaired) electrons. The number of pyridine rings is 1. The Balaban J connectivity index is 1.50. The summed E-state index contributed by atoms with van der Waals surface area (Å²) in [5.41, 5.74) is 0.878. The molecule has 8 nitrogen and oxygen atoms in total. The maximum absolute atomic E-state index is 10.9. The predicted octanol–water partition coefficient (Wildman–Crippen LogP) is 1.95. The SMILES string of the molecule is CN(Cc1nc(-c2ccncc2)no1)CC1CCN(C(=O)O)CC1. The molecule has 2 aromatic heterocycles. The van der Waals surface area contributed by atoms with Crippen molar-refractivity contribution in [3.05, 3.63) is 30.4 Å². The molecule has 1 N–H and O–H groups in total. The number of carboxylic acid groups (broad SMARTS) is 1. The van der Waals surface area contributed by atoms with E-state index in [0.29, 0.717) is 37.3 Å². The second-order valence-corrected chi connectivity index (χ2v) is 6.16. The van der Waals surface area contributed by atoms with E-state index in [4.69, 9.17) is 9.63 Å². The van der Waals surface area contributed by atoms with Gasteiger partial charge in [0.15, 0.2) is 0 Å². The molecule has 1 saturated heterocycles. The zero-order valence-electron chi connectivity index (χ0n) is 13.6. The largest absolute Gasteiger partial charge is 0.465 e. The quantitative estimate of drug-likeness (QED) is 0.894. The molecule has 1 aliphatic rings. The van der Waals surface area contributed by atoms with Crippen molar-refractivity contribution in [2.24, 2.45) is 5.92 Å². The van der Waals surface area contributed by atoms with Gasteiger partial charge in [0.25, 0.3) is 0 Å². The van der Waals surface area contributed by atoms with Gasteiger partial charge < -0.3 is 14.5 Å². The highest BCUT2D eigenvalue weighted by Crippen LogP contribution is 2.19. The third kappa shape index (κ3) is 4.08. The monoisotopic (exact) mass is 331 g/mol. The molecule has 1 fully saturated rings. The van der Waals surface area contributed by atoms with Gasteiger partial charge in [0.1, 0.15) is 0 Å². The van der Waals surface area contributed by atoms with Crippen LogP contribution in [0.1, 0.15) is 18.7 Å². The molecule has 3 heterocycles. The lowest BCUT2D eigenvalue weighted by Gasteiger charge is -2.31. The third-order valence-electron chi connectivity index (χ3n) is 4.27. The standard InChI is InChI=1S/C16H21N5O3/c1-20(10-12-4-8-21(9-5-12)16(22)23)11-14-18-15(19-24-14)13-2-6-17-7-3-13/h2-3,6-7,12H,4-5,8-11H2,1H3,(H,22,23). The number of rotatable bonds is 5. The van der Waals surface area contributed by atoms with E-state index in [0.717, 1.165) is 24.9 Å². The average Bonchev–Trinajstić information content (AvgIpc) is 3.04. The van der Waals surface area contributed by atoms with Crippen LogP contribution in [0.2, 0.25) is 0 Å². The van der Waals surface area contributed by atoms with Gasteiger partial charge in [0.2, 0.25) is 11.7 Å². The first kappa shape index (κ1) is 16.4. The first-order valence-electron chi connectivity index (χ1n) is 8.01. The third-order valence-corrected chi connectivity index (χ3v) is 4.27. The van der Waals surface area contributed by atoms with Crippen molar-refractivity contribution in [3.8, 4) is 11.4 Å². The minimum atomic E-state index is -0.823. The molecule has 128 valence electrons. The van der Waals surface area contributed by atoms with Crippen molar-refractivity contribution in [2.75, 3.05) is 26.7 Å². The van der Waals surface area contributed by atoms with E-state index in [2.05, 4.69) is 20.0 Å². The van der Waals surface area contributed by atoms with Crippen LogP contribution >= 0.6 is 0 Å². The fourth-order valence-corrected chi connectivity index (χ4v) is 2.98. The van der Waals surface area contributed by atoms with Gasteiger partial charge in [-0.2, -0.15) is 4.98 Å². The molecule has 0 spiro atoms. The van der Waals surface area contributed by atoms with E-state index in [1.807, 2.05) is 19.2 Å². The van der Waals surface area contributed by atoms with Gasteiger partial charge in [-0.15, -0.1) is 0 Å². The van der Waals surface area contributed by atoms with Crippen LogP contribution < -0.4 is 0 Å². The summed E-state index contributed by atoms with van der Waals surface area (Å²) in [6, 6.07) is 3.68. The van der Waals surface area contributed by atoms with E-state index in [1.54, 1.807) is 12.4 Å². The Kier molecular flexibility index (Phi) is 5.05. The molecular formula is C16H21N5O3. The summed E-state index contributed by atoms with van der Waals surface area (Å²) < 4.78 is 5.32. The summed E-state index contributed by atoms with van der Waals surface area (Å²) in [6.07, 6.45) is 4.35. The van der Waals surface area contributed by atoms with Gasteiger partial charge in [-0.05, 0) is 37.9 Å². The van der Waals surface area contributed by atoms with Crippen molar-refractivity contribution >= 4 is 6.09 Å². The number of piperidine rings is 1. The number of hydrogen-bond acceptors (Lipinski definition) is 6. The molecule has 0 saturated carbocycles. The van der Waals surface area contributed by atoms with Gasteiger partial charge in [0, 0.05) is 37.6 Å². The van der Waals surface area contributed by atoms with Crippen molar-refractivity contribution in [1.29, 1.82) is 0 Å². The van der Waals surface area contributed by atoms with Crippen molar-refractivity contribution in [3.63, 3.8) is 0 Å². The van der Waals surface area contributed by atoms with Crippen molar-refractivity contribution in [1.82, 2.24) is 24.9 Å². The van der Waals surface area contributed by atoms with E-state index >= 15 is 0 Å². The fraction of sp³-hybridized carbons (Fsp3) is 0.500. The number of amides is 1. The summed E-state index contributed by atoms with van der Waals surface area (Å²) in [5.74, 6) is 1.64. The molecule has 0 aromatic carbocycles. The smallest absolute Gasteiger partial charge is 0.407 e. The molecule has 0 bridgehead atoms. The van der Waals surface area contributed by atoms with Crippen molar-refractivity contribution in [2.45, 2.75) is 19.4 Å².